The van der Waals surface area contributed by atoms with Gasteiger partial charge < -0.3 is 9.73 Å². The Morgan fingerprint density at radius 1 is 1.14 bits per heavy atom. The number of halogens is 1. The van der Waals surface area contributed by atoms with Gasteiger partial charge in [-0.2, -0.15) is 0 Å². The maximum absolute atomic E-state index is 12.0. The van der Waals surface area contributed by atoms with Gasteiger partial charge in [0.15, 0.2) is 0 Å². The van der Waals surface area contributed by atoms with Crippen LogP contribution in [0.2, 0.25) is 5.02 Å². The minimum atomic E-state index is -0.351. The van der Waals surface area contributed by atoms with Crippen molar-refractivity contribution in [2.75, 3.05) is 18.4 Å². The van der Waals surface area contributed by atoms with E-state index in [1.165, 1.54) is 24.5 Å². The van der Waals surface area contributed by atoms with Crippen LogP contribution in [0.1, 0.15) is 31.2 Å². The van der Waals surface area contributed by atoms with Crippen molar-refractivity contribution in [3.63, 3.8) is 0 Å². The number of benzene rings is 2. The summed E-state index contributed by atoms with van der Waals surface area (Å²) >= 11 is 6.17. The zero-order chi connectivity index (χ0) is 20.1. The van der Waals surface area contributed by atoms with Crippen LogP contribution in [0.3, 0.4) is 0 Å². The van der Waals surface area contributed by atoms with Crippen LogP contribution < -0.4 is 10.9 Å². The molecule has 0 radical (unpaired) electrons. The monoisotopic (exact) mass is 408 g/mol. The predicted octanol–water partition coefficient (Wildman–Crippen LogP) is 5.77. The van der Waals surface area contributed by atoms with E-state index in [0.29, 0.717) is 10.6 Å². The molecule has 1 aliphatic rings. The number of likely N-dealkylation sites (tertiary alicyclic amines) is 1. The van der Waals surface area contributed by atoms with Gasteiger partial charge >= 0.3 is 5.63 Å². The average Bonchev–Trinajstić information content (AvgIpc) is 2.73. The van der Waals surface area contributed by atoms with Crippen LogP contribution in [0, 0.1) is 0 Å². The van der Waals surface area contributed by atoms with E-state index in [1.54, 1.807) is 12.1 Å². The third-order valence-corrected chi connectivity index (χ3v) is 5.57. The van der Waals surface area contributed by atoms with Gasteiger partial charge in [0.1, 0.15) is 5.58 Å². The number of piperidine rings is 1. The van der Waals surface area contributed by atoms with Gasteiger partial charge in [0.25, 0.3) is 0 Å². The number of nitrogens with zero attached hydrogens (tertiary/aromatic N) is 1. The topological polar surface area (TPSA) is 45.5 Å². The largest absolute Gasteiger partial charge is 0.423 e. The molecule has 1 aromatic heterocycles. The lowest BCUT2D eigenvalue weighted by Crippen LogP contribution is -2.44. The van der Waals surface area contributed by atoms with E-state index >= 15 is 0 Å². The Balaban J connectivity index is 1.47. The fourth-order valence-corrected chi connectivity index (χ4v) is 4.05. The second-order valence-corrected chi connectivity index (χ2v) is 7.85. The molecule has 29 heavy (non-hydrogen) atoms. The third kappa shape index (κ3) is 5.08. The molecule has 0 saturated carbocycles. The van der Waals surface area contributed by atoms with E-state index in [-0.39, 0.29) is 11.8 Å². The lowest BCUT2D eigenvalue weighted by atomic mass is 10.1. The van der Waals surface area contributed by atoms with Crippen molar-refractivity contribution in [2.24, 2.45) is 0 Å². The van der Waals surface area contributed by atoms with Crippen molar-refractivity contribution in [1.82, 2.24) is 4.90 Å². The van der Waals surface area contributed by atoms with E-state index in [0.717, 1.165) is 37.0 Å². The molecular formula is C24H25ClN2O2. The van der Waals surface area contributed by atoms with Gasteiger partial charge in [-0.3, -0.25) is 4.90 Å². The molecule has 1 unspecified atom stereocenters. The van der Waals surface area contributed by atoms with Gasteiger partial charge in [0, 0.05) is 29.6 Å². The maximum Gasteiger partial charge on any atom is 0.338 e. The SMILES string of the molecule is O=c1cc(NC2CCCCN2CCC=Cc2ccccc2)c2cc(Cl)ccc2o1. The van der Waals surface area contributed by atoms with Gasteiger partial charge in [0.05, 0.1) is 11.9 Å². The normalized spacial score (nSPS) is 17.8. The molecule has 1 atom stereocenters. The van der Waals surface area contributed by atoms with E-state index < -0.39 is 0 Å². The fourth-order valence-electron chi connectivity index (χ4n) is 3.88. The number of hydrogen-bond acceptors (Lipinski definition) is 4. The minimum Gasteiger partial charge on any atom is -0.423 e. The highest BCUT2D eigenvalue weighted by molar-refractivity contribution is 6.31. The van der Waals surface area contributed by atoms with Crippen LogP contribution in [-0.2, 0) is 0 Å². The van der Waals surface area contributed by atoms with E-state index in [1.807, 2.05) is 12.1 Å². The minimum absolute atomic E-state index is 0.192. The zero-order valence-electron chi connectivity index (χ0n) is 16.3. The van der Waals surface area contributed by atoms with Gasteiger partial charge in [0.2, 0.25) is 0 Å². The lowest BCUT2D eigenvalue weighted by molar-refractivity contribution is 0.170. The molecule has 1 fully saturated rings. The molecule has 0 bridgehead atoms. The molecule has 3 aromatic rings. The lowest BCUT2D eigenvalue weighted by Gasteiger charge is -2.36. The van der Waals surface area contributed by atoms with Crippen LogP contribution in [0.15, 0.2) is 69.9 Å². The molecule has 5 heteroatoms. The van der Waals surface area contributed by atoms with Crippen molar-refractivity contribution >= 4 is 34.3 Å². The molecule has 2 aromatic carbocycles. The summed E-state index contributed by atoms with van der Waals surface area (Å²) < 4.78 is 5.32. The molecule has 1 saturated heterocycles. The first-order valence-corrected chi connectivity index (χ1v) is 10.5. The van der Waals surface area contributed by atoms with E-state index in [4.69, 9.17) is 16.0 Å². The van der Waals surface area contributed by atoms with Crippen molar-refractivity contribution < 1.29 is 4.42 Å². The van der Waals surface area contributed by atoms with Crippen LogP contribution in [-0.4, -0.2) is 24.2 Å². The summed E-state index contributed by atoms with van der Waals surface area (Å²) in [6.07, 6.45) is 9.00. The zero-order valence-corrected chi connectivity index (χ0v) is 17.1. The smallest absolute Gasteiger partial charge is 0.338 e. The van der Waals surface area contributed by atoms with Crippen LogP contribution in [0.5, 0.6) is 0 Å². The van der Waals surface area contributed by atoms with Crippen LogP contribution in [0.25, 0.3) is 17.0 Å². The average molecular weight is 409 g/mol. The summed E-state index contributed by atoms with van der Waals surface area (Å²) in [4.78, 5) is 14.5. The van der Waals surface area contributed by atoms with Gasteiger partial charge in [-0.25, -0.2) is 4.79 Å². The predicted molar refractivity (Wildman–Crippen MR) is 120 cm³/mol. The van der Waals surface area contributed by atoms with Gasteiger partial charge in [-0.15, -0.1) is 0 Å². The standard InChI is InChI=1S/C24H25ClN2O2/c25-19-12-13-22-20(16-19)21(17-24(28)29-22)26-23-11-5-7-15-27(23)14-6-4-10-18-8-2-1-3-9-18/h1-4,8-10,12-13,16-17,23,26H,5-7,11,14-15H2. The van der Waals surface area contributed by atoms with Crippen molar-refractivity contribution in [3.8, 4) is 0 Å². The Labute approximate surface area is 175 Å². The van der Waals surface area contributed by atoms with E-state index in [2.05, 4.69) is 46.6 Å². The highest BCUT2D eigenvalue weighted by Gasteiger charge is 2.22. The molecule has 1 aliphatic heterocycles. The quantitative estimate of drug-likeness (QED) is 0.525. The molecule has 4 rings (SSSR count). The molecule has 4 nitrogen and oxygen atoms in total. The summed E-state index contributed by atoms with van der Waals surface area (Å²) in [5.41, 5.74) is 2.21. The maximum atomic E-state index is 12.0. The molecule has 2 heterocycles. The first kappa shape index (κ1) is 19.7. The number of nitrogens with one attached hydrogen (secondary N) is 1. The summed E-state index contributed by atoms with van der Waals surface area (Å²) in [5.74, 6) is 0. The fraction of sp³-hybridized carbons (Fsp3) is 0.292. The third-order valence-electron chi connectivity index (χ3n) is 5.33. The van der Waals surface area contributed by atoms with Gasteiger partial charge in [-0.05, 0) is 49.4 Å². The Bertz CT molecular complexity index is 1050. The highest BCUT2D eigenvalue weighted by Crippen LogP contribution is 2.27. The first-order valence-electron chi connectivity index (χ1n) is 10.1. The summed E-state index contributed by atoms with van der Waals surface area (Å²) in [6, 6.07) is 17.2. The first-order chi connectivity index (χ1) is 14.2. The van der Waals surface area contributed by atoms with Crippen LogP contribution >= 0.6 is 11.6 Å². The molecule has 150 valence electrons. The molecule has 1 N–H and O–H groups in total. The number of hydrogen-bond donors (Lipinski definition) is 1. The van der Waals surface area contributed by atoms with Gasteiger partial charge in [-0.1, -0.05) is 54.1 Å². The highest BCUT2D eigenvalue weighted by atomic mass is 35.5. The van der Waals surface area contributed by atoms with Crippen molar-refractivity contribution in [2.45, 2.75) is 31.8 Å². The summed E-state index contributed by atoms with van der Waals surface area (Å²) in [6.45, 7) is 2.03. The van der Waals surface area contributed by atoms with E-state index in [9.17, 15) is 4.79 Å². The molecule has 0 amide bonds. The van der Waals surface area contributed by atoms with Crippen molar-refractivity contribution in [1.29, 1.82) is 0 Å². The van der Waals surface area contributed by atoms with Crippen LogP contribution in [0.4, 0.5) is 5.69 Å². The second-order valence-electron chi connectivity index (χ2n) is 7.41. The molecule has 0 aliphatic carbocycles. The van der Waals surface area contributed by atoms with Crippen molar-refractivity contribution in [3.05, 3.63) is 81.7 Å². The Morgan fingerprint density at radius 2 is 2.00 bits per heavy atom. The molecule has 0 spiro atoms. The number of rotatable bonds is 6. The molecular weight excluding hydrogens is 384 g/mol. The Hall–Kier alpha value is -2.56. The number of fused-ring (bicyclic) bond motifs is 1. The second kappa shape index (κ2) is 9.29. The summed E-state index contributed by atoms with van der Waals surface area (Å²) in [5, 5.41) is 5.05. The Morgan fingerprint density at radius 3 is 2.86 bits per heavy atom. The Kier molecular flexibility index (Phi) is 6.33. The number of anilines is 1. The summed E-state index contributed by atoms with van der Waals surface area (Å²) in [7, 11) is 0.